The predicted octanol–water partition coefficient (Wildman–Crippen LogP) is 2.56. The Balaban J connectivity index is -0.000000163. The van der Waals surface area contributed by atoms with Crippen molar-refractivity contribution < 1.29 is 2.85 Å². The maximum atomic E-state index is 3.64. The molecule has 1 aliphatic rings. The van der Waals surface area contributed by atoms with Crippen LogP contribution in [0, 0.1) is 0 Å². The molecular formula is C6H13BrMg. The summed E-state index contributed by atoms with van der Waals surface area (Å²) in [6.45, 7) is 2.28. The summed E-state index contributed by atoms with van der Waals surface area (Å²) in [4.78, 5) is 0. The van der Waals surface area contributed by atoms with Crippen molar-refractivity contribution in [2.24, 2.45) is 0 Å². The first-order chi connectivity index (χ1) is 3.21. The molecule has 1 rings (SSSR count). The van der Waals surface area contributed by atoms with E-state index in [0.717, 1.165) is 0 Å². The SMILES string of the molecule is CC1(Br)CCCC1.[H-].[H-].[Mg+2]. The van der Waals surface area contributed by atoms with Gasteiger partial charge >= 0.3 is 23.1 Å². The van der Waals surface area contributed by atoms with E-state index in [2.05, 4.69) is 22.9 Å². The largest absolute Gasteiger partial charge is 2.00 e. The average Bonchev–Trinajstić information content (AvgIpc) is 1.84. The van der Waals surface area contributed by atoms with Crippen molar-refractivity contribution in [2.75, 3.05) is 0 Å². The molecule has 0 saturated heterocycles. The molecule has 0 atom stereocenters. The normalized spacial score (nSPS) is 24.8. The Bertz CT molecular complexity index is 70.1. The number of halogens is 1. The topological polar surface area (TPSA) is 0 Å². The zero-order valence-corrected chi connectivity index (χ0v) is 8.41. The van der Waals surface area contributed by atoms with E-state index in [1.165, 1.54) is 25.7 Å². The monoisotopic (exact) mass is 188 g/mol. The maximum Gasteiger partial charge on any atom is 2.00 e. The zero-order valence-electron chi connectivity index (χ0n) is 7.41. The fourth-order valence-corrected chi connectivity index (χ4v) is 1.67. The molecule has 1 saturated carbocycles. The summed E-state index contributed by atoms with van der Waals surface area (Å²) in [5, 5.41) is 0. The van der Waals surface area contributed by atoms with Gasteiger partial charge in [-0.3, -0.25) is 0 Å². The van der Waals surface area contributed by atoms with Gasteiger partial charge in [-0.05, 0) is 19.8 Å². The molecule has 0 aromatic rings. The van der Waals surface area contributed by atoms with Crippen LogP contribution >= 0.6 is 15.9 Å². The number of alkyl halides is 1. The fraction of sp³-hybridized carbons (Fsp3) is 1.00. The Morgan fingerprint density at radius 2 is 1.75 bits per heavy atom. The Hall–Kier alpha value is 1.25. The van der Waals surface area contributed by atoms with E-state index in [0.29, 0.717) is 4.32 Å². The minimum atomic E-state index is 0. The number of hydrogen-bond acceptors (Lipinski definition) is 0. The van der Waals surface area contributed by atoms with Crippen molar-refractivity contribution in [3.63, 3.8) is 0 Å². The summed E-state index contributed by atoms with van der Waals surface area (Å²) >= 11 is 3.64. The molecule has 0 bridgehead atoms. The van der Waals surface area contributed by atoms with Crippen molar-refractivity contribution in [3.05, 3.63) is 0 Å². The van der Waals surface area contributed by atoms with E-state index in [4.69, 9.17) is 0 Å². The van der Waals surface area contributed by atoms with Crippen molar-refractivity contribution in [2.45, 2.75) is 36.9 Å². The van der Waals surface area contributed by atoms with Crippen molar-refractivity contribution >= 4 is 39.0 Å². The van der Waals surface area contributed by atoms with Crippen LogP contribution in [0.4, 0.5) is 0 Å². The molecule has 0 spiro atoms. The molecule has 0 aromatic heterocycles. The summed E-state index contributed by atoms with van der Waals surface area (Å²) in [5.74, 6) is 0. The van der Waals surface area contributed by atoms with Crippen LogP contribution < -0.4 is 0 Å². The molecule has 8 heavy (non-hydrogen) atoms. The van der Waals surface area contributed by atoms with E-state index in [1.807, 2.05) is 0 Å². The number of rotatable bonds is 0. The van der Waals surface area contributed by atoms with E-state index < -0.39 is 0 Å². The smallest absolute Gasteiger partial charge is 1.00 e. The molecule has 0 nitrogen and oxygen atoms in total. The third-order valence-corrected chi connectivity index (χ3v) is 2.44. The third kappa shape index (κ3) is 2.69. The van der Waals surface area contributed by atoms with Gasteiger partial charge in [0.05, 0.1) is 0 Å². The molecule has 1 aliphatic carbocycles. The Morgan fingerprint density at radius 1 is 1.38 bits per heavy atom. The van der Waals surface area contributed by atoms with Crippen LogP contribution in [-0.2, 0) is 0 Å². The molecule has 2 heteroatoms. The molecule has 0 heterocycles. The molecular weight excluding hydrogens is 176 g/mol. The molecule has 1 fully saturated rings. The minimum absolute atomic E-state index is 0. The maximum absolute atomic E-state index is 3.64. The van der Waals surface area contributed by atoms with Crippen LogP contribution in [0.1, 0.15) is 35.5 Å². The molecule has 0 amide bonds. The first-order valence-corrected chi connectivity index (χ1v) is 3.69. The summed E-state index contributed by atoms with van der Waals surface area (Å²) in [6.07, 6.45) is 5.57. The summed E-state index contributed by atoms with van der Waals surface area (Å²) in [6, 6.07) is 0. The van der Waals surface area contributed by atoms with Gasteiger partial charge in [0.15, 0.2) is 0 Å². The first-order valence-electron chi connectivity index (χ1n) is 2.90. The van der Waals surface area contributed by atoms with Crippen LogP contribution in [0.15, 0.2) is 0 Å². The quantitative estimate of drug-likeness (QED) is 0.406. The Kier molecular flexibility index (Phi) is 3.96. The van der Waals surface area contributed by atoms with E-state index in [1.54, 1.807) is 0 Å². The minimum Gasteiger partial charge on any atom is -1.00 e. The summed E-state index contributed by atoms with van der Waals surface area (Å²) in [7, 11) is 0. The third-order valence-electron chi connectivity index (χ3n) is 1.65. The summed E-state index contributed by atoms with van der Waals surface area (Å²) < 4.78 is 0.507. The van der Waals surface area contributed by atoms with Gasteiger partial charge in [-0.15, -0.1) is 0 Å². The van der Waals surface area contributed by atoms with Crippen LogP contribution in [0.3, 0.4) is 0 Å². The van der Waals surface area contributed by atoms with Crippen molar-refractivity contribution in [1.29, 1.82) is 0 Å². The Labute approximate surface area is 78.7 Å². The fourth-order valence-electron chi connectivity index (χ4n) is 1.11. The molecule has 0 N–H and O–H groups in total. The van der Waals surface area contributed by atoms with Gasteiger partial charge < -0.3 is 2.85 Å². The molecule has 0 radical (unpaired) electrons. The molecule has 0 aromatic carbocycles. The van der Waals surface area contributed by atoms with Crippen LogP contribution in [0.5, 0.6) is 0 Å². The van der Waals surface area contributed by atoms with Gasteiger partial charge in [0.1, 0.15) is 0 Å². The second-order valence-electron chi connectivity index (χ2n) is 2.62. The standard InChI is InChI=1S/C6H11Br.Mg.2H/c1-6(7)4-2-3-5-6;;;/h2-5H2,1H3;;;/q;+2;2*-1. The number of hydrogen-bond donors (Lipinski definition) is 0. The van der Waals surface area contributed by atoms with Crippen molar-refractivity contribution in [1.82, 2.24) is 0 Å². The van der Waals surface area contributed by atoms with Crippen molar-refractivity contribution in [3.8, 4) is 0 Å². The second kappa shape index (κ2) is 3.42. The predicted molar refractivity (Wildman–Crippen MR) is 43.8 cm³/mol. The second-order valence-corrected chi connectivity index (χ2v) is 4.53. The van der Waals surface area contributed by atoms with Gasteiger partial charge in [0.2, 0.25) is 0 Å². The molecule has 0 aliphatic heterocycles. The van der Waals surface area contributed by atoms with E-state index in [9.17, 15) is 0 Å². The van der Waals surface area contributed by atoms with Crippen LogP contribution in [0.25, 0.3) is 0 Å². The Morgan fingerprint density at radius 3 is 1.88 bits per heavy atom. The van der Waals surface area contributed by atoms with Gasteiger partial charge in [0, 0.05) is 4.32 Å². The van der Waals surface area contributed by atoms with Crippen LogP contribution in [0.2, 0.25) is 0 Å². The van der Waals surface area contributed by atoms with E-state index in [-0.39, 0.29) is 25.9 Å². The molecule has 46 valence electrons. The average molecular weight is 189 g/mol. The summed E-state index contributed by atoms with van der Waals surface area (Å²) in [5.41, 5.74) is 0. The van der Waals surface area contributed by atoms with Gasteiger partial charge in [-0.1, -0.05) is 28.8 Å². The van der Waals surface area contributed by atoms with Gasteiger partial charge in [-0.25, -0.2) is 0 Å². The van der Waals surface area contributed by atoms with Crippen LogP contribution in [-0.4, -0.2) is 27.4 Å². The zero-order chi connectivity index (χ0) is 5.33. The van der Waals surface area contributed by atoms with E-state index >= 15 is 0 Å². The first kappa shape index (κ1) is 9.25. The van der Waals surface area contributed by atoms with Gasteiger partial charge in [-0.2, -0.15) is 0 Å². The molecule has 0 unspecified atom stereocenters. The van der Waals surface area contributed by atoms with Gasteiger partial charge in [0.25, 0.3) is 0 Å².